The Balaban J connectivity index is 1.80. The smallest absolute Gasteiger partial charge is 0.221 e. The van der Waals surface area contributed by atoms with Gasteiger partial charge in [0.1, 0.15) is 0 Å². The van der Waals surface area contributed by atoms with E-state index in [1.807, 2.05) is 0 Å². The van der Waals surface area contributed by atoms with E-state index in [0.29, 0.717) is 6.42 Å². The molecule has 2 aliphatic rings. The summed E-state index contributed by atoms with van der Waals surface area (Å²) in [7, 11) is 1.72. The summed E-state index contributed by atoms with van der Waals surface area (Å²) >= 11 is 0. The molecule has 3 heteroatoms. The van der Waals surface area contributed by atoms with Gasteiger partial charge in [-0.05, 0) is 24.3 Å². The van der Waals surface area contributed by atoms with Crippen LogP contribution in [0.1, 0.15) is 37.7 Å². The van der Waals surface area contributed by atoms with Crippen LogP contribution in [0.5, 0.6) is 0 Å². The van der Waals surface area contributed by atoms with Crippen LogP contribution in [0, 0.1) is 5.92 Å². The number of nitrogens with one attached hydrogen (secondary N) is 1. The zero-order valence-electron chi connectivity index (χ0n) is 12.3. The van der Waals surface area contributed by atoms with Crippen molar-refractivity contribution in [2.45, 2.75) is 37.6 Å². The molecule has 1 aromatic rings. The molecule has 0 spiro atoms. The standard InChI is InChI=1S/C17H24N2O/c1-18-16(20)10-12-19-13-15-9-5-6-11-17(15,19)14-7-3-2-4-8-14/h2-4,7-8,15H,5-6,9-13H2,1H3,(H,18,20)/t15-,17+/m0/s1. The summed E-state index contributed by atoms with van der Waals surface area (Å²) in [5.41, 5.74) is 1.67. The molecule has 3 nitrogen and oxygen atoms in total. The molecule has 0 bridgehead atoms. The molecule has 1 aliphatic heterocycles. The summed E-state index contributed by atoms with van der Waals surface area (Å²) in [5, 5.41) is 2.73. The Morgan fingerprint density at radius 1 is 1.35 bits per heavy atom. The Kier molecular flexibility index (Phi) is 3.79. The van der Waals surface area contributed by atoms with Gasteiger partial charge in [0.2, 0.25) is 5.91 Å². The molecule has 1 saturated carbocycles. The number of benzene rings is 1. The average molecular weight is 272 g/mol. The highest BCUT2D eigenvalue weighted by molar-refractivity contribution is 5.75. The first-order valence-corrected chi connectivity index (χ1v) is 7.78. The molecule has 108 valence electrons. The van der Waals surface area contributed by atoms with Crippen LogP contribution < -0.4 is 5.32 Å². The second kappa shape index (κ2) is 5.57. The summed E-state index contributed by atoms with van der Waals surface area (Å²) < 4.78 is 0. The minimum absolute atomic E-state index is 0.146. The molecule has 1 heterocycles. The van der Waals surface area contributed by atoms with E-state index in [1.54, 1.807) is 7.05 Å². The van der Waals surface area contributed by atoms with E-state index in [-0.39, 0.29) is 11.4 Å². The number of hydrogen-bond acceptors (Lipinski definition) is 2. The van der Waals surface area contributed by atoms with Crippen LogP contribution in [0.3, 0.4) is 0 Å². The fraction of sp³-hybridized carbons (Fsp3) is 0.588. The fourth-order valence-electron chi connectivity index (χ4n) is 4.14. The molecule has 0 unspecified atom stereocenters. The molecule has 2 fully saturated rings. The summed E-state index contributed by atoms with van der Waals surface area (Å²) in [5.74, 6) is 0.927. The predicted octanol–water partition coefficient (Wildman–Crippen LogP) is 2.52. The first-order chi connectivity index (χ1) is 9.77. The Bertz CT molecular complexity index is 473. The van der Waals surface area contributed by atoms with E-state index >= 15 is 0 Å². The lowest BCUT2D eigenvalue weighted by Crippen LogP contribution is -2.66. The van der Waals surface area contributed by atoms with Crippen molar-refractivity contribution in [1.82, 2.24) is 10.2 Å². The zero-order valence-corrected chi connectivity index (χ0v) is 12.3. The van der Waals surface area contributed by atoms with Crippen LogP contribution in [-0.4, -0.2) is 30.9 Å². The van der Waals surface area contributed by atoms with Gasteiger partial charge in [-0.15, -0.1) is 0 Å². The van der Waals surface area contributed by atoms with Crippen LogP contribution in [0.15, 0.2) is 30.3 Å². The second-order valence-corrected chi connectivity index (χ2v) is 6.10. The SMILES string of the molecule is CNC(=O)CCN1C[C@@H]2CCCC[C@@]21c1ccccc1. The predicted molar refractivity (Wildman–Crippen MR) is 80.3 cm³/mol. The van der Waals surface area contributed by atoms with Gasteiger partial charge in [0.05, 0.1) is 5.54 Å². The number of fused-ring (bicyclic) bond motifs is 1. The second-order valence-electron chi connectivity index (χ2n) is 6.10. The van der Waals surface area contributed by atoms with Crippen LogP contribution in [0.25, 0.3) is 0 Å². The Morgan fingerprint density at radius 3 is 2.85 bits per heavy atom. The first kappa shape index (κ1) is 13.6. The third kappa shape index (κ3) is 2.14. The number of hydrogen-bond donors (Lipinski definition) is 1. The van der Waals surface area contributed by atoms with E-state index in [4.69, 9.17) is 0 Å². The molecule has 1 saturated heterocycles. The molecule has 3 rings (SSSR count). The number of likely N-dealkylation sites (tertiary alicyclic amines) is 1. The van der Waals surface area contributed by atoms with Gasteiger partial charge in [-0.2, -0.15) is 0 Å². The molecule has 2 atom stereocenters. The Labute approximate surface area is 121 Å². The van der Waals surface area contributed by atoms with Crippen molar-refractivity contribution in [3.05, 3.63) is 35.9 Å². The third-order valence-corrected chi connectivity index (χ3v) is 5.20. The maximum atomic E-state index is 11.5. The largest absolute Gasteiger partial charge is 0.359 e. The van der Waals surface area contributed by atoms with E-state index < -0.39 is 0 Å². The molecule has 20 heavy (non-hydrogen) atoms. The van der Waals surface area contributed by atoms with Crippen molar-refractivity contribution in [1.29, 1.82) is 0 Å². The maximum Gasteiger partial charge on any atom is 0.221 e. The highest BCUT2D eigenvalue weighted by Gasteiger charge is 2.54. The molecule has 0 radical (unpaired) electrons. The van der Waals surface area contributed by atoms with Crippen molar-refractivity contribution in [3.63, 3.8) is 0 Å². The monoisotopic (exact) mass is 272 g/mol. The molecule has 1 N–H and O–H groups in total. The van der Waals surface area contributed by atoms with Gasteiger partial charge in [0, 0.05) is 26.6 Å². The lowest BCUT2D eigenvalue weighted by atomic mass is 9.61. The molecular formula is C17H24N2O. The third-order valence-electron chi connectivity index (χ3n) is 5.20. The van der Waals surface area contributed by atoms with Gasteiger partial charge in [0.15, 0.2) is 0 Å². The van der Waals surface area contributed by atoms with Crippen LogP contribution >= 0.6 is 0 Å². The summed E-state index contributed by atoms with van der Waals surface area (Å²) in [6, 6.07) is 10.9. The Morgan fingerprint density at radius 2 is 2.15 bits per heavy atom. The van der Waals surface area contributed by atoms with Crippen molar-refractivity contribution in [2.75, 3.05) is 20.1 Å². The molecular weight excluding hydrogens is 248 g/mol. The topological polar surface area (TPSA) is 32.3 Å². The molecule has 0 aromatic heterocycles. The van der Waals surface area contributed by atoms with Crippen molar-refractivity contribution < 1.29 is 4.79 Å². The van der Waals surface area contributed by atoms with Crippen LogP contribution in [0.4, 0.5) is 0 Å². The van der Waals surface area contributed by atoms with Gasteiger partial charge in [0.25, 0.3) is 0 Å². The summed E-state index contributed by atoms with van der Waals surface area (Å²) in [4.78, 5) is 14.1. The number of amides is 1. The lowest BCUT2D eigenvalue weighted by molar-refractivity contribution is -0.130. The molecule has 1 aliphatic carbocycles. The van der Waals surface area contributed by atoms with Gasteiger partial charge in [-0.1, -0.05) is 43.2 Å². The number of rotatable bonds is 4. The van der Waals surface area contributed by atoms with Gasteiger partial charge < -0.3 is 5.32 Å². The summed E-state index contributed by atoms with van der Waals surface area (Å²) in [6.45, 7) is 2.04. The van der Waals surface area contributed by atoms with Crippen LogP contribution in [0.2, 0.25) is 0 Å². The highest BCUT2D eigenvalue weighted by Crippen LogP contribution is 2.53. The lowest BCUT2D eigenvalue weighted by Gasteiger charge is -2.62. The van der Waals surface area contributed by atoms with Crippen LogP contribution in [-0.2, 0) is 10.3 Å². The Hall–Kier alpha value is -1.35. The zero-order chi connectivity index (χ0) is 14.0. The first-order valence-electron chi connectivity index (χ1n) is 7.78. The summed E-state index contributed by atoms with van der Waals surface area (Å²) in [6.07, 6.45) is 5.86. The molecule has 1 amide bonds. The minimum atomic E-state index is 0.146. The fourth-order valence-corrected chi connectivity index (χ4v) is 4.14. The van der Waals surface area contributed by atoms with Crippen molar-refractivity contribution >= 4 is 5.91 Å². The number of carbonyl (C=O) groups excluding carboxylic acids is 1. The number of nitrogens with zero attached hydrogens (tertiary/aromatic N) is 1. The number of carbonyl (C=O) groups is 1. The van der Waals surface area contributed by atoms with Gasteiger partial charge in [-0.25, -0.2) is 0 Å². The average Bonchev–Trinajstić information content (AvgIpc) is 2.49. The van der Waals surface area contributed by atoms with Crippen molar-refractivity contribution in [2.24, 2.45) is 5.92 Å². The van der Waals surface area contributed by atoms with Gasteiger partial charge >= 0.3 is 0 Å². The minimum Gasteiger partial charge on any atom is -0.359 e. The van der Waals surface area contributed by atoms with E-state index in [9.17, 15) is 4.79 Å². The van der Waals surface area contributed by atoms with Crippen molar-refractivity contribution in [3.8, 4) is 0 Å². The molecule has 1 aromatic carbocycles. The van der Waals surface area contributed by atoms with E-state index in [0.717, 1.165) is 19.0 Å². The van der Waals surface area contributed by atoms with E-state index in [1.165, 1.54) is 31.2 Å². The maximum absolute atomic E-state index is 11.5. The van der Waals surface area contributed by atoms with Gasteiger partial charge in [-0.3, -0.25) is 9.69 Å². The quantitative estimate of drug-likeness (QED) is 0.913. The van der Waals surface area contributed by atoms with E-state index in [2.05, 4.69) is 40.5 Å². The normalized spacial score (nSPS) is 29.4. The highest BCUT2D eigenvalue weighted by atomic mass is 16.1.